The zero-order chi connectivity index (χ0) is 14.4. The highest BCUT2D eigenvalue weighted by Gasteiger charge is 2.25. The first-order chi connectivity index (χ1) is 8.95. The highest BCUT2D eigenvalue weighted by molar-refractivity contribution is 5.61. The van der Waals surface area contributed by atoms with Crippen LogP contribution in [-0.2, 0) is 0 Å². The monoisotopic (exact) mass is 269 g/mol. The average Bonchev–Trinajstić information content (AvgIpc) is 2.27. The summed E-state index contributed by atoms with van der Waals surface area (Å²) in [6, 6.07) is 0. The van der Waals surface area contributed by atoms with Gasteiger partial charge in [0, 0.05) is 13.1 Å². The molecule has 0 fully saturated rings. The predicted octanol–water partition coefficient (Wildman–Crippen LogP) is 1.07. The molecule has 0 aromatic carbocycles. The first-order valence-electron chi connectivity index (χ1n) is 6.00. The molecule has 8 nitrogen and oxygen atoms in total. The number of aryl methyl sites for hydroxylation is 1. The molecule has 0 bridgehead atoms. The Morgan fingerprint density at radius 3 is 2.63 bits per heavy atom. The lowest BCUT2D eigenvalue weighted by Crippen LogP contribution is -2.22. The fourth-order valence-electron chi connectivity index (χ4n) is 1.46. The summed E-state index contributed by atoms with van der Waals surface area (Å²) in [7, 11) is 3.85. The Balaban J connectivity index is 3.02. The molecule has 1 N–H and O–H groups in total. The Labute approximate surface area is 112 Å². The molecular formula is C11H19N5O3. The summed E-state index contributed by atoms with van der Waals surface area (Å²) in [4.78, 5) is 20.6. The zero-order valence-electron chi connectivity index (χ0n) is 11.6. The van der Waals surface area contributed by atoms with Gasteiger partial charge in [-0.3, -0.25) is 10.1 Å². The van der Waals surface area contributed by atoms with Gasteiger partial charge in [-0.2, -0.15) is 4.98 Å². The molecule has 1 rings (SSSR count). The number of hydrogen-bond donors (Lipinski definition) is 1. The lowest BCUT2D eigenvalue weighted by Gasteiger charge is -2.12. The van der Waals surface area contributed by atoms with Crippen LogP contribution in [0.2, 0.25) is 0 Å². The van der Waals surface area contributed by atoms with Gasteiger partial charge in [0.25, 0.3) is 5.88 Å². The minimum Gasteiger partial charge on any atom is -0.473 e. The van der Waals surface area contributed by atoms with Crippen LogP contribution in [0.1, 0.15) is 12.7 Å². The van der Waals surface area contributed by atoms with Gasteiger partial charge in [0.05, 0.1) is 11.5 Å². The van der Waals surface area contributed by atoms with E-state index in [2.05, 4.69) is 15.3 Å². The van der Waals surface area contributed by atoms with E-state index < -0.39 is 4.92 Å². The Kier molecular flexibility index (Phi) is 5.43. The summed E-state index contributed by atoms with van der Waals surface area (Å²) in [5, 5.41) is 14.1. The molecule has 0 amide bonds. The van der Waals surface area contributed by atoms with Crippen molar-refractivity contribution in [2.45, 2.75) is 13.8 Å². The van der Waals surface area contributed by atoms with Crippen molar-refractivity contribution >= 4 is 11.5 Å². The normalized spacial score (nSPS) is 10.6. The van der Waals surface area contributed by atoms with Crippen molar-refractivity contribution in [3.63, 3.8) is 0 Å². The van der Waals surface area contributed by atoms with Gasteiger partial charge in [-0.05, 0) is 27.9 Å². The molecule has 0 aliphatic heterocycles. The fourth-order valence-corrected chi connectivity index (χ4v) is 1.46. The number of nitrogens with one attached hydrogen (secondary N) is 1. The van der Waals surface area contributed by atoms with E-state index in [1.165, 1.54) is 0 Å². The van der Waals surface area contributed by atoms with E-state index in [1.807, 2.05) is 19.0 Å². The smallest absolute Gasteiger partial charge is 0.372 e. The molecule has 0 atom stereocenters. The Bertz CT molecular complexity index is 450. The number of nitro groups is 1. The number of rotatable bonds is 7. The van der Waals surface area contributed by atoms with Crippen molar-refractivity contribution in [2.24, 2.45) is 0 Å². The van der Waals surface area contributed by atoms with Crippen LogP contribution in [0.4, 0.5) is 11.5 Å². The van der Waals surface area contributed by atoms with Crippen LogP contribution in [-0.4, -0.2) is 53.6 Å². The molecule has 0 saturated heterocycles. The van der Waals surface area contributed by atoms with Gasteiger partial charge >= 0.3 is 5.69 Å². The minimum absolute atomic E-state index is 0.00681. The topological polar surface area (TPSA) is 93.4 Å². The highest BCUT2D eigenvalue weighted by atomic mass is 16.6. The largest absolute Gasteiger partial charge is 0.473 e. The summed E-state index contributed by atoms with van der Waals surface area (Å²) >= 11 is 0. The van der Waals surface area contributed by atoms with Gasteiger partial charge in [0.15, 0.2) is 0 Å². The number of likely N-dealkylation sites (N-methyl/N-ethyl adjacent to an activating group) is 1. The van der Waals surface area contributed by atoms with Crippen LogP contribution in [0.3, 0.4) is 0 Å². The number of hydrogen-bond acceptors (Lipinski definition) is 7. The quantitative estimate of drug-likeness (QED) is 0.584. The van der Waals surface area contributed by atoms with Crippen molar-refractivity contribution in [3.8, 4) is 5.88 Å². The molecule has 1 aromatic rings. The van der Waals surface area contributed by atoms with Crippen LogP contribution >= 0.6 is 0 Å². The van der Waals surface area contributed by atoms with Gasteiger partial charge in [-0.1, -0.05) is 0 Å². The van der Waals surface area contributed by atoms with Crippen LogP contribution in [0.5, 0.6) is 5.88 Å². The number of aromatic nitrogens is 2. The predicted molar refractivity (Wildman–Crippen MR) is 71.6 cm³/mol. The van der Waals surface area contributed by atoms with Gasteiger partial charge < -0.3 is 15.0 Å². The molecule has 0 spiro atoms. The summed E-state index contributed by atoms with van der Waals surface area (Å²) in [6.07, 6.45) is 0. The third-order valence-corrected chi connectivity index (χ3v) is 2.28. The SMILES string of the molecule is CCOc1nc(C)nc(NCCN(C)C)c1[N+](=O)[O-]. The second-order valence-corrected chi connectivity index (χ2v) is 4.19. The van der Waals surface area contributed by atoms with E-state index in [0.29, 0.717) is 19.0 Å². The molecule has 19 heavy (non-hydrogen) atoms. The Morgan fingerprint density at radius 2 is 2.11 bits per heavy atom. The van der Waals surface area contributed by atoms with E-state index in [1.54, 1.807) is 13.8 Å². The third kappa shape index (κ3) is 4.32. The average molecular weight is 269 g/mol. The van der Waals surface area contributed by atoms with Crippen molar-refractivity contribution < 1.29 is 9.66 Å². The third-order valence-electron chi connectivity index (χ3n) is 2.28. The lowest BCUT2D eigenvalue weighted by atomic mass is 10.4. The molecule has 0 aliphatic carbocycles. The van der Waals surface area contributed by atoms with E-state index >= 15 is 0 Å². The van der Waals surface area contributed by atoms with Crippen molar-refractivity contribution in [3.05, 3.63) is 15.9 Å². The standard InChI is InChI=1S/C11H19N5O3/c1-5-19-11-9(16(17)18)10(13-8(2)14-11)12-6-7-15(3)4/h5-7H2,1-4H3,(H,12,13,14). The van der Waals surface area contributed by atoms with Gasteiger partial charge in [0.2, 0.25) is 5.82 Å². The molecule has 1 heterocycles. The highest BCUT2D eigenvalue weighted by Crippen LogP contribution is 2.31. The first-order valence-corrected chi connectivity index (χ1v) is 6.00. The summed E-state index contributed by atoms with van der Waals surface area (Å²) < 4.78 is 5.20. The molecule has 106 valence electrons. The second-order valence-electron chi connectivity index (χ2n) is 4.19. The summed E-state index contributed by atoms with van der Waals surface area (Å²) in [6.45, 7) is 5.03. The van der Waals surface area contributed by atoms with E-state index in [9.17, 15) is 10.1 Å². The number of nitrogens with zero attached hydrogens (tertiary/aromatic N) is 4. The van der Waals surface area contributed by atoms with Crippen LogP contribution in [0.25, 0.3) is 0 Å². The first kappa shape index (κ1) is 15.1. The molecule has 0 radical (unpaired) electrons. The van der Waals surface area contributed by atoms with Crippen molar-refractivity contribution in [1.82, 2.24) is 14.9 Å². The summed E-state index contributed by atoms with van der Waals surface area (Å²) in [5.74, 6) is 0.636. The maximum absolute atomic E-state index is 11.1. The molecule has 0 unspecified atom stereocenters. The number of ether oxygens (including phenoxy) is 1. The van der Waals surface area contributed by atoms with Crippen LogP contribution in [0.15, 0.2) is 0 Å². The molecule has 1 aromatic heterocycles. The van der Waals surface area contributed by atoms with Crippen LogP contribution in [0, 0.1) is 17.0 Å². The second kappa shape index (κ2) is 6.83. The maximum atomic E-state index is 11.1. The molecular weight excluding hydrogens is 250 g/mol. The summed E-state index contributed by atoms with van der Waals surface area (Å²) in [5.41, 5.74) is -0.216. The Hall–Kier alpha value is -1.96. The molecule has 0 saturated carbocycles. The minimum atomic E-state index is -0.525. The fraction of sp³-hybridized carbons (Fsp3) is 0.636. The Morgan fingerprint density at radius 1 is 1.42 bits per heavy atom. The van der Waals surface area contributed by atoms with Gasteiger partial charge in [-0.25, -0.2) is 4.98 Å². The van der Waals surface area contributed by atoms with E-state index in [0.717, 1.165) is 6.54 Å². The van der Waals surface area contributed by atoms with E-state index in [-0.39, 0.29) is 17.4 Å². The van der Waals surface area contributed by atoms with Crippen molar-refractivity contribution in [1.29, 1.82) is 0 Å². The van der Waals surface area contributed by atoms with Gasteiger partial charge in [0.1, 0.15) is 5.82 Å². The van der Waals surface area contributed by atoms with Crippen LogP contribution < -0.4 is 10.1 Å². The molecule has 8 heteroatoms. The maximum Gasteiger partial charge on any atom is 0.372 e. The lowest BCUT2D eigenvalue weighted by molar-refractivity contribution is -0.385. The number of anilines is 1. The molecule has 0 aliphatic rings. The zero-order valence-corrected chi connectivity index (χ0v) is 11.6. The van der Waals surface area contributed by atoms with E-state index in [4.69, 9.17) is 4.74 Å². The van der Waals surface area contributed by atoms with Crippen molar-refractivity contribution in [2.75, 3.05) is 39.1 Å². The van der Waals surface area contributed by atoms with Gasteiger partial charge in [-0.15, -0.1) is 0 Å².